The highest BCUT2D eigenvalue weighted by molar-refractivity contribution is 5.29. The lowest BCUT2D eigenvalue weighted by Crippen LogP contribution is -2.28. The van der Waals surface area contributed by atoms with Gasteiger partial charge in [0.1, 0.15) is 0 Å². The molecule has 0 spiro atoms. The SMILES string of the molecule is N[C@@H]1CN(Cc2ccccc2)C[C@H]1c1ccc(C(F)(F)F)cc1. The van der Waals surface area contributed by atoms with Crippen LogP contribution in [0.15, 0.2) is 54.6 Å². The van der Waals surface area contributed by atoms with Gasteiger partial charge in [0.15, 0.2) is 0 Å². The highest BCUT2D eigenvalue weighted by atomic mass is 19.4. The van der Waals surface area contributed by atoms with E-state index in [1.54, 1.807) is 12.1 Å². The van der Waals surface area contributed by atoms with Crippen molar-refractivity contribution in [3.05, 3.63) is 71.3 Å². The molecule has 2 atom stereocenters. The Morgan fingerprint density at radius 2 is 1.61 bits per heavy atom. The molecule has 1 saturated heterocycles. The van der Waals surface area contributed by atoms with E-state index in [0.29, 0.717) is 0 Å². The zero-order chi connectivity index (χ0) is 16.4. The molecule has 3 rings (SSSR count). The van der Waals surface area contributed by atoms with E-state index in [9.17, 15) is 13.2 Å². The summed E-state index contributed by atoms with van der Waals surface area (Å²) in [7, 11) is 0. The minimum Gasteiger partial charge on any atom is -0.326 e. The molecule has 122 valence electrons. The maximum absolute atomic E-state index is 12.6. The molecule has 2 N–H and O–H groups in total. The second-order valence-corrected chi connectivity index (χ2v) is 6.07. The van der Waals surface area contributed by atoms with Crippen LogP contribution in [0.4, 0.5) is 13.2 Å². The largest absolute Gasteiger partial charge is 0.416 e. The highest BCUT2D eigenvalue weighted by Crippen LogP contribution is 2.32. The van der Waals surface area contributed by atoms with E-state index >= 15 is 0 Å². The molecule has 1 fully saturated rings. The Morgan fingerprint density at radius 3 is 2.22 bits per heavy atom. The zero-order valence-corrected chi connectivity index (χ0v) is 12.6. The fourth-order valence-corrected chi connectivity index (χ4v) is 3.16. The van der Waals surface area contributed by atoms with Gasteiger partial charge in [-0.25, -0.2) is 0 Å². The lowest BCUT2D eigenvalue weighted by atomic mass is 9.94. The molecule has 5 heteroatoms. The normalized spacial score (nSPS) is 22.4. The van der Waals surface area contributed by atoms with Crippen molar-refractivity contribution >= 4 is 0 Å². The summed E-state index contributed by atoms with van der Waals surface area (Å²) in [6.45, 7) is 2.33. The van der Waals surface area contributed by atoms with Crippen LogP contribution in [0.5, 0.6) is 0 Å². The van der Waals surface area contributed by atoms with Crippen molar-refractivity contribution < 1.29 is 13.2 Å². The Labute approximate surface area is 133 Å². The summed E-state index contributed by atoms with van der Waals surface area (Å²) < 4.78 is 37.9. The van der Waals surface area contributed by atoms with Crippen LogP contribution in [0, 0.1) is 0 Å². The van der Waals surface area contributed by atoms with Gasteiger partial charge in [0.05, 0.1) is 5.56 Å². The molecular weight excluding hydrogens is 301 g/mol. The Kier molecular flexibility index (Phi) is 4.41. The molecule has 0 bridgehead atoms. The van der Waals surface area contributed by atoms with Gasteiger partial charge in [0.25, 0.3) is 0 Å². The minimum atomic E-state index is -4.30. The standard InChI is InChI=1S/C18H19F3N2/c19-18(20,21)15-8-6-14(7-9-15)16-11-23(12-17(16)22)10-13-4-2-1-3-5-13/h1-9,16-17H,10-12,22H2/t16-,17+/m0/s1. The lowest BCUT2D eigenvalue weighted by Gasteiger charge is -2.17. The summed E-state index contributed by atoms with van der Waals surface area (Å²) in [5.41, 5.74) is 7.69. The topological polar surface area (TPSA) is 29.3 Å². The predicted molar refractivity (Wildman–Crippen MR) is 83.9 cm³/mol. The van der Waals surface area contributed by atoms with Crippen molar-refractivity contribution in [2.75, 3.05) is 13.1 Å². The molecule has 1 aliphatic heterocycles. The zero-order valence-electron chi connectivity index (χ0n) is 12.6. The van der Waals surface area contributed by atoms with E-state index in [1.165, 1.54) is 5.56 Å². The maximum Gasteiger partial charge on any atom is 0.416 e. The van der Waals surface area contributed by atoms with Crippen molar-refractivity contribution in [3.8, 4) is 0 Å². The number of nitrogens with two attached hydrogens (primary N) is 1. The third-order valence-corrected chi connectivity index (χ3v) is 4.36. The second-order valence-electron chi connectivity index (χ2n) is 6.07. The first-order chi connectivity index (χ1) is 10.9. The summed E-state index contributed by atoms with van der Waals surface area (Å²) in [6, 6.07) is 15.4. The van der Waals surface area contributed by atoms with Crippen molar-refractivity contribution in [2.45, 2.75) is 24.7 Å². The molecule has 1 aliphatic rings. The van der Waals surface area contributed by atoms with E-state index in [2.05, 4.69) is 17.0 Å². The van der Waals surface area contributed by atoms with Gasteiger partial charge in [-0.3, -0.25) is 4.90 Å². The molecular formula is C18H19F3N2. The Hall–Kier alpha value is -1.85. The van der Waals surface area contributed by atoms with E-state index in [-0.39, 0.29) is 12.0 Å². The van der Waals surface area contributed by atoms with Crippen LogP contribution in [0.3, 0.4) is 0 Å². The van der Waals surface area contributed by atoms with Crippen LogP contribution in [-0.4, -0.2) is 24.0 Å². The molecule has 0 aromatic heterocycles. The smallest absolute Gasteiger partial charge is 0.326 e. The summed E-state index contributed by atoms with van der Waals surface area (Å²) in [5, 5.41) is 0. The summed E-state index contributed by atoms with van der Waals surface area (Å²) in [6.07, 6.45) is -4.30. The van der Waals surface area contributed by atoms with Gasteiger partial charge in [0.2, 0.25) is 0 Å². The molecule has 23 heavy (non-hydrogen) atoms. The van der Waals surface area contributed by atoms with Crippen molar-refractivity contribution in [2.24, 2.45) is 5.73 Å². The average molecular weight is 320 g/mol. The molecule has 2 aromatic rings. The van der Waals surface area contributed by atoms with E-state index in [4.69, 9.17) is 5.73 Å². The lowest BCUT2D eigenvalue weighted by molar-refractivity contribution is -0.137. The van der Waals surface area contributed by atoms with Crippen molar-refractivity contribution in [1.82, 2.24) is 4.90 Å². The van der Waals surface area contributed by atoms with Gasteiger partial charge in [-0.15, -0.1) is 0 Å². The maximum atomic E-state index is 12.6. The Bertz CT molecular complexity index is 638. The molecule has 2 nitrogen and oxygen atoms in total. The van der Waals surface area contributed by atoms with Crippen LogP contribution < -0.4 is 5.73 Å². The summed E-state index contributed by atoms with van der Waals surface area (Å²) in [4.78, 5) is 2.25. The van der Waals surface area contributed by atoms with Crippen LogP contribution in [0.25, 0.3) is 0 Å². The molecule has 0 radical (unpaired) electrons. The fourth-order valence-electron chi connectivity index (χ4n) is 3.16. The molecule has 0 amide bonds. The van der Waals surface area contributed by atoms with Crippen LogP contribution in [-0.2, 0) is 12.7 Å². The van der Waals surface area contributed by atoms with Gasteiger partial charge in [-0.2, -0.15) is 13.2 Å². The number of halogens is 3. The molecule has 1 heterocycles. The predicted octanol–water partition coefficient (Wildman–Crippen LogP) is 3.63. The van der Waals surface area contributed by atoms with E-state index in [1.807, 2.05) is 18.2 Å². The first-order valence-corrected chi connectivity index (χ1v) is 7.62. The summed E-state index contributed by atoms with van der Waals surface area (Å²) in [5.74, 6) is 0.0704. The third kappa shape index (κ3) is 3.74. The average Bonchev–Trinajstić information content (AvgIpc) is 2.88. The van der Waals surface area contributed by atoms with Gasteiger partial charge >= 0.3 is 6.18 Å². The fraction of sp³-hybridized carbons (Fsp3) is 0.333. The van der Waals surface area contributed by atoms with Gasteiger partial charge in [0, 0.05) is 31.6 Å². The first-order valence-electron chi connectivity index (χ1n) is 7.62. The first kappa shape index (κ1) is 16.0. The number of nitrogens with zero attached hydrogens (tertiary/aromatic N) is 1. The number of hydrogen-bond donors (Lipinski definition) is 1. The Balaban J connectivity index is 1.69. The van der Waals surface area contributed by atoms with E-state index in [0.717, 1.165) is 37.3 Å². The number of alkyl halides is 3. The van der Waals surface area contributed by atoms with Gasteiger partial charge < -0.3 is 5.73 Å². The Morgan fingerprint density at radius 1 is 0.957 bits per heavy atom. The van der Waals surface area contributed by atoms with E-state index < -0.39 is 11.7 Å². The number of benzene rings is 2. The number of likely N-dealkylation sites (tertiary alicyclic amines) is 1. The van der Waals surface area contributed by atoms with Gasteiger partial charge in [-0.05, 0) is 23.3 Å². The van der Waals surface area contributed by atoms with Crippen molar-refractivity contribution in [3.63, 3.8) is 0 Å². The van der Waals surface area contributed by atoms with Crippen molar-refractivity contribution in [1.29, 1.82) is 0 Å². The number of hydrogen-bond acceptors (Lipinski definition) is 2. The van der Waals surface area contributed by atoms with Crippen LogP contribution >= 0.6 is 0 Å². The van der Waals surface area contributed by atoms with Gasteiger partial charge in [-0.1, -0.05) is 42.5 Å². The second kappa shape index (κ2) is 6.34. The minimum absolute atomic E-state index is 0.0598. The highest BCUT2D eigenvalue weighted by Gasteiger charge is 2.33. The molecule has 0 unspecified atom stereocenters. The molecule has 0 aliphatic carbocycles. The molecule has 0 saturated carbocycles. The quantitative estimate of drug-likeness (QED) is 0.936. The van der Waals surface area contributed by atoms with Crippen LogP contribution in [0.1, 0.15) is 22.6 Å². The number of rotatable bonds is 3. The summed E-state index contributed by atoms with van der Waals surface area (Å²) >= 11 is 0. The molecule has 2 aromatic carbocycles. The monoisotopic (exact) mass is 320 g/mol. The third-order valence-electron chi connectivity index (χ3n) is 4.36. The van der Waals surface area contributed by atoms with Crippen LogP contribution in [0.2, 0.25) is 0 Å².